The molecule has 6 heteroatoms. The van der Waals surface area contributed by atoms with E-state index in [1.165, 1.54) is 5.69 Å². The van der Waals surface area contributed by atoms with Crippen molar-refractivity contribution in [3.8, 4) is 0 Å². The number of nitrogens with zero attached hydrogens (tertiary/aromatic N) is 3. The maximum absolute atomic E-state index is 13.0. The van der Waals surface area contributed by atoms with Gasteiger partial charge in [0.1, 0.15) is 6.54 Å². The number of aromatic nitrogens is 1. The van der Waals surface area contributed by atoms with Crippen molar-refractivity contribution < 1.29 is 9.59 Å². The molecule has 1 N–H and O–H groups in total. The second kappa shape index (κ2) is 6.37. The van der Waals surface area contributed by atoms with Crippen LogP contribution in [0.4, 0.5) is 11.4 Å². The number of fused-ring (bicyclic) bond motifs is 1. The van der Waals surface area contributed by atoms with Crippen LogP contribution in [0.15, 0.2) is 42.6 Å². The number of likely N-dealkylation sites (tertiary alicyclic amines) is 1. The van der Waals surface area contributed by atoms with Crippen LogP contribution in [0, 0.1) is 0 Å². The summed E-state index contributed by atoms with van der Waals surface area (Å²) in [5, 5.41) is 2.83. The molecule has 1 aromatic carbocycles. The zero-order valence-corrected chi connectivity index (χ0v) is 14.3. The SMILES string of the molecule is Cn1cccc1[C@H]1CCCN1CC(=O)N1CC(=O)Nc2ccccc21. The predicted molar refractivity (Wildman–Crippen MR) is 96.4 cm³/mol. The van der Waals surface area contributed by atoms with E-state index >= 15 is 0 Å². The topological polar surface area (TPSA) is 57.6 Å². The summed E-state index contributed by atoms with van der Waals surface area (Å²) in [4.78, 5) is 28.7. The molecule has 25 heavy (non-hydrogen) atoms. The number of anilines is 2. The molecule has 0 aliphatic carbocycles. The third kappa shape index (κ3) is 2.93. The van der Waals surface area contributed by atoms with Gasteiger partial charge in [0.2, 0.25) is 11.8 Å². The molecule has 1 fully saturated rings. The van der Waals surface area contributed by atoms with Gasteiger partial charge in [0.25, 0.3) is 0 Å². The standard InChI is InChI=1S/C19H22N4O2/c1-21-10-4-8-16(21)17-9-5-11-22(17)13-19(25)23-12-18(24)20-14-6-2-3-7-15(14)23/h2-4,6-8,10,17H,5,9,11-13H2,1H3,(H,20,24)/t17-/m1/s1. The maximum Gasteiger partial charge on any atom is 0.244 e. The Balaban J connectivity index is 1.54. The first-order chi connectivity index (χ1) is 12.1. The molecule has 2 aromatic rings. The van der Waals surface area contributed by atoms with Crippen molar-refractivity contribution in [3.05, 3.63) is 48.3 Å². The van der Waals surface area contributed by atoms with Gasteiger partial charge in [-0.3, -0.25) is 19.4 Å². The van der Waals surface area contributed by atoms with Crippen LogP contribution in [0.25, 0.3) is 0 Å². The zero-order valence-electron chi connectivity index (χ0n) is 14.3. The van der Waals surface area contributed by atoms with Crippen molar-refractivity contribution >= 4 is 23.2 Å². The Kier molecular flexibility index (Phi) is 4.05. The van der Waals surface area contributed by atoms with Crippen molar-refractivity contribution in [1.29, 1.82) is 0 Å². The van der Waals surface area contributed by atoms with Crippen LogP contribution in [0.2, 0.25) is 0 Å². The van der Waals surface area contributed by atoms with E-state index in [4.69, 9.17) is 0 Å². The fourth-order valence-corrected chi connectivity index (χ4v) is 3.89. The number of nitrogens with one attached hydrogen (secondary N) is 1. The average Bonchev–Trinajstić information content (AvgIpc) is 3.22. The summed E-state index contributed by atoms with van der Waals surface area (Å²) in [5.74, 6) is -0.170. The molecule has 130 valence electrons. The molecule has 1 atom stereocenters. The van der Waals surface area contributed by atoms with Gasteiger partial charge in [-0.1, -0.05) is 12.1 Å². The Labute approximate surface area is 147 Å². The lowest BCUT2D eigenvalue weighted by Crippen LogP contribution is -2.46. The molecule has 4 rings (SSSR count). The monoisotopic (exact) mass is 338 g/mol. The highest BCUT2D eigenvalue weighted by atomic mass is 16.2. The lowest BCUT2D eigenvalue weighted by atomic mass is 10.1. The van der Waals surface area contributed by atoms with E-state index in [9.17, 15) is 9.59 Å². The quantitative estimate of drug-likeness (QED) is 0.933. The molecule has 0 spiro atoms. The van der Waals surface area contributed by atoms with E-state index < -0.39 is 0 Å². The van der Waals surface area contributed by atoms with Crippen LogP contribution in [0.5, 0.6) is 0 Å². The molecule has 1 saturated heterocycles. The molecule has 2 aliphatic heterocycles. The van der Waals surface area contributed by atoms with Crippen LogP contribution in [0.1, 0.15) is 24.6 Å². The summed E-state index contributed by atoms with van der Waals surface area (Å²) in [5.41, 5.74) is 2.72. The average molecular weight is 338 g/mol. The Bertz CT molecular complexity index is 813. The third-order valence-corrected chi connectivity index (χ3v) is 5.10. The molecule has 1 aromatic heterocycles. The molecule has 0 bridgehead atoms. The van der Waals surface area contributed by atoms with Crippen LogP contribution < -0.4 is 10.2 Å². The van der Waals surface area contributed by atoms with E-state index in [-0.39, 0.29) is 24.4 Å². The fraction of sp³-hybridized carbons (Fsp3) is 0.368. The summed E-state index contributed by atoms with van der Waals surface area (Å²) in [6, 6.07) is 11.9. The number of carbonyl (C=O) groups excluding carboxylic acids is 2. The summed E-state index contributed by atoms with van der Waals surface area (Å²) >= 11 is 0. The molecular formula is C19H22N4O2. The Morgan fingerprint density at radius 3 is 2.88 bits per heavy atom. The fourth-order valence-electron chi connectivity index (χ4n) is 3.89. The minimum atomic E-state index is -0.146. The smallest absolute Gasteiger partial charge is 0.244 e. The van der Waals surface area contributed by atoms with Crippen molar-refractivity contribution in [2.45, 2.75) is 18.9 Å². The largest absolute Gasteiger partial charge is 0.353 e. The third-order valence-electron chi connectivity index (χ3n) is 5.10. The molecule has 0 unspecified atom stereocenters. The van der Waals surface area contributed by atoms with Gasteiger partial charge >= 0.3 is 0 Å². The number of hydrogen-bond acceptors (Lipinski definition) is 3. The number of para-hydroxylation sites is 2. The van der Waals surface area contributed by atoms with E-state index in [1.54, 1.807) is 4.90 Å². The van der Waals surface area contributed by atoms with E-state index in [2.05, 4.69) is 20.9 Å². The number of rotatable bonds is 3. The Morgan fingerprint density at radius 1 is 1.24 bits per heavy atom. The van der Waals surface area contributed by atoms with Crippen LogP contribution >= 0.6 is 0 Å². The highest BCUT2D eigenvalue weighted by Gasteiger charge is 2.32. The van der Waals surface area contributed by atoms with Crippen molar-refractivity contribution in [2.75, 3.05) is 29.9 Å². The molecule has 2 amide bonds. The molecule has 2 aliphatic rings. The maximum atomic E-state index is 13.0. The number of hydrogen-bond donors (Lipinski definition) is 1. The molecule has 0 radical (unpaired) electrons. The van der Waals surface area contributed by atoms with Gasteiger partial charge in [-0.15, -0.1) is 0 Å². The normalized spacial score (nSPS) is 20.4. The van der Waals surface area contributed by atoms with E-state index in [0.717, 1.165) is 25.1 Å². The number of aryl methyl sites for hydroxylation is 1. The molecule has 6 nitrogen and oxygen atoms in total. The lowest BCUT2D eigenvalue weighted by Gasteiger charge is -2.32. The number of amides is 2. The molecule has 3 heterocycles. The lowest BCUT2D eigenvalue weighted by molar-refractivity contribution is -0.122. The predicted octanol–water partition coefficient (Wildman–Crippen LogP) is 2.15. The van der Waals surface area contributed by atoms with E-state index in [1.807, 2.05) is 43.6 Å². The highest BCUT2D eigenvalue weighted by Crippen LogP contribution is 2.33. The van der Waals surface area contributed by atoms with Crippen LogP contribution in [0.3, 0.4) is 0 Å². The van der Waals surface area contributed by atoms with Crippen LogP contribution in [-0.4, -0.2) is 40.9 Å². The van der Waals surface area contributed by atoms with Crippen LogP contribution in [-0.2, 0) is 16.6 Å². The number of carbonyl (C=O) groups is 2. The minimum absolute atomic E-state index is 0.0246. The van der Waals surface area contributed by atoms with Gasteiger partial charge in [0, 0.05) is 18.9 Å². The first kappa shape index (κ1) is 15.9. The first-order valence-corrected chi connectivity index (χ1v) is 8.68. The summed E-state index contributed by atoms with van der Waals surface area (Å²) in [6.07, 6.45) is 4.18. The van der Waals surface area contributed by atoms with Gasteiger partial charge in [0.15, 0.2) is 0 Å². The summed E-state index contributed by atoms with van der Waals surface area (Å²) < 4.78 is 2.12. The zero-order chi connectivity index (χ0) is 17.4. The van der Waals surface area contributed by atoms with Crippen molar-refractivity contribution in [3.63, 3.8) is 0 Å². The minimum Gasteiger partial charge on any atom is -0.353 e. The van der Waals surface area contributed by atoms with Gasteiger partial charge in [-0.25, -0.2) is 0 Å². The molecule has 0 saturated carbocycles. The van der Waals surface area contributed by atoms with Crippen molar-refractivity contribution in [2.24, 2.45) is 7.05 Å². The second-order valence-corrected chi connectivity index (χ2v) is 6.72. The van der Waals surface area contributed by atoms with Gasteiger partial charge in [0.05, 0.1) is 24.0 Å². The second-order valence-electron chi connectivity index (χ2n) is 6.72. The van der Waals surface area contributed by atoms with Crippen molar-refractivity contribution in [1.82, 2.24) is 9.47 Å². The summed E-state index contributed by atoms with van der Waals surface area (Å²) in [6.45, 7) is 1.32. The highest BCUT2D eigenvalue weighted by molar-refractivity contribution is 6.10. The Hall–Kier alpha value is -2.60. The van der Waals surface area contributed by atoms with E-state index in [0.29, 0.717) is 12.2 Å². The Morgan fingerprint density at radius 2 is 2.08 bits per heavy atom. The number of benzene rings is 1. The van der Waals surface area contributed by atoms with Gasteiger partial charge in [-0.2, -0.15) is 0 Å². The first-order valence-electron chi connectivity index (χ1n) is 8.68. The molecular weight excluding hydrogens is 316 g/mol. The van der Waals surface area contributed by atoms with Gasteiger partial charge < -0.3 is 9.88 Å². The summed E-state index contributed by atoms with van der Waals surface area (Å²) in [7, 11) is 2.04. The van der Waals surface area contributed by atoms with Gasteiger partial charge in [-0.05, 0) is 43.7 Å².